The van der Waals surface area contributed by atoms with E-state index in [1.807, 2.05) is 24.4 Å². The molecule has 5 nitrogen and oxygen atoms in total. The predicted molar refractivity (Wildman–Crippen MR) is 74.1 cm³/mol. The third-order valence-electron chi connectivity index (χ3n) is 3.05. The number of benzene rings is 1. The SMILES string of the molecule is CCOc1c(Nc2ccc3c(c2)N=CC3)c(=O)c1=O. The molecule has 3 rings (SSSR count). The van der Waals surface area contributed by atoms with Crippen LogP contribution in [0.15, 0.2) is 32.8 Å². The van der Waals surface area contributed by atoms with Crippen LogP contribution in [0.2, 0.25) is 0 Å². The molecule has 5 heteroatoms. The summed E-state index contributed by atoms with van der Waals surface area (Å²) >= 11 is 0. The quantitative estimate of drug-likeness (QED) is 0.845. The lowest BCUT2D eigenvalue weighted by Crippen LogP contribution is -2.35. The van der Waals surface area contributed by atoms with E-state index in [2.05, 4.69) is 10.3 Å². The summed E-state index contributed by atoms with van der Waals surface area (Å²) < 4.78 is 5.16. The third-order valence-corrected chi connectivity index (χ3v) is 3.05. The molecular weight excluding hydrogens is 244 g/mol. The molecule has 0 saturated heterocycles. The van der Waals surface area contributed by atoms with Crippen molar-refractivity contribution < 1.29 is 4.74 Å². The van der Waals surface area contributed by atoms with E-state index >= 15 is 0 Å². The van der Waals surface area contributed by atoms with E-state index < -0.39 is 10.9 Å². The van der Waals surface area contributed by atoms with Crippen LogP contribution >= 0.6 is 0 Å². The highest BCUT2D eigenvalue weighted by atomic mass is 16.5. The largest absolute Gasteiger partial charge is 0.488 e. The van der Waals surface area contributed by atoms with Gasteiger partial charge in [0.15, 0.2) is 5.75 Å². The van der Waals surface area contributed by atoms with Gasteiger partial charge in [0.05, 0.1) is 12.3 Å². The second-order valence-corrected chi connectivity index (χ2v) is 4.28. The van der Waals surface area contributed by atoms with Gasteiger partial charge in [-0.05, 0) is 24.6 Å². The topological polar surface area (TPSA) is 67.8 Å². The predicted octanol–water partition coefficient (Wildman–Crippen LogP) is 1.68. The van der Waals surface area contributed by atoms with Gasteiger partial charge in [0.2, 0.25) is 0 Å². The summed E-state index contributed by atoms with van der Waals surface area (Å²) in [4.78, 5) is 27.1. The second kappa shape index (κ2) is 4.35. The fourth-order valence-corrected chi connectivity index (χ4v) is 2.09. The molecule has 1 heterocycles. The Balaban J connectivity index is 1.90. The van der Waals surface area contributed by atoms with Crippen molar-refractivity contribution in [2.75, 3.05) is 11.9 Å². The van der Waals surface area contributed by atoms with Gasteiger partial charge in [-0.2, -0.15) is 0 Å². The summed E-state index contributed by atoms with van der Waals surface area (Å²) in [5, 5.41) is 2.93. The molecule has 0 atom stereocenters. The number of fused-ring (bicyclic) bond motifs is 1. The summed E-state index contributed by atoms with van der Waals surface area (Å²) in [6.45, 7) is 2.12. The summed E-state index contributed by atoms with van der Waals surface area (Å²) in [6, 6.07) is 5.67. The fourth-order valence-electron chi connectivity index (χ4n) is 2.09. The zero-order valence-corrected chi connectivity index (χ0v) is 10.4. The molecule has 0 bridgehead atoms. The zero-order chi connectivity index (χ0) is 13.4. The first-order valence-electron chi connectivity index (χ1n) is 6.09. The van der Waals surface area contributed by atoms with Crippen LogP contribution in [0.25, 0.3) is 0 Å². The molecule has 2 aromatic carbocycles. The van der Waals surface area contributed by atoms with E-state index in [1.165, 1.54) is 0 Å². The van der Waals surface area contributed by atoms with Crippen LogP contribution in [-0.2, 0) is 6.42 Å². The van der Waals surface area contributed by atoms with Crippen LogP contribution < -0.4 is 20.9 Å². The summed E-state index contributed by atoms with van der Waals surface area (Å²) in [6.07, 6.45) is 2.68. The number of nitrogens with one attached hydrogen (secondary N) is 1. The monoisotopic (exact) mass is 256 g/mol. The van der Waals surface area contributed by atoms with E-state index in [4.69, 9.17) is 4.74 Å². The van der Waals surface area contributed by atoms with Gasteiger partial charge in [-0.1, -0.05) is 6.07 Å². The van der Waals surface area contributed by atoms with Gasteiger partial charge in [0, 0.05) is 18.3 Å². The molecule has 1 aliphatic heterocycles. The van der Waals surface area contributed by atoms with Crippen LogP contribution in [0.5, 0.6) is 5.75 Å². The smallest absolute Gasteiger partial charge is 0.272 e. The highest BCUT2D eigenvalue weighted by molar-refractivity contribution is 5.79. The Labute approximate surface area is 109 Å². The minimum Gasteiger partial charge on any atom is -0.488 e. The lowest BCUT2D eigenvalue weighted by molar-refractivity contribution is 0.335. The van der Waals surface area contributed by atoms with Crippen molar-refractivity contribution in [1.29, 1.82) is 0 Å². The average molecular weight is 256 g/mol. The second-order valence-electron chi connectivity index (χ2n) is 4.28. The maximum absolute atomic E-state index is 11.5. The zero-order valence-electron chi connectivity index (χ0n) is 10.4. The lowest BCUT2D eigenvalue weighted by Gasteiger charge is -2.13. The first-order chi connectivity index (χ1) is 9.20. The first kappa shape index (κ1) is 11.6. The van der Waals surface area contributed by atoms with Crippen molar-refractivity contribution in [3.63, 3.8) is 0 Å². The van der Waals surface area contributed by atoms with Gasteiger partial charge in [0.25, 0.3) is 10.9 Å². The minimum absolute atomic E-state index is 0.122. The van der Waals surface area contributed by atoms with Crippen LogP contribution in [0, 0.1) is 0 Å². The number of aliphatic imine (C=N–C) groups is 1. The highest BCUT2D eigenvalue weighted by Crippen LogP contribution is 2.30. The molecule has 0 fully saturated rings. The van der Waals surface area contributed by atoms with Crippen LogP contribution in [0.1, 0.15) is 12.5 Å². The third kappa shape index (κ3) is 1.83. The van der Waals surface area contributed by atoms with Crippen molar-refractivity contribution >= 4 is 23.3 Å². The van der Waals surface area contributed by atoms with E-state index in [-0.39, 0.29) is 11.4 Å². The number of rotatable bonds is 4. The molecule has 0 unspecified atom stereocenters. The van der Waals surface area contributed by atoms with Crippen LogP contribution in [0.3, 0.4) is 0 Å². The van der Waals surface area contributed by atoms with E-state index in [0.717, 1.165) is 23.4 Å². The molecule has 0 saturated carbocycles. The molecule has 19 heavy (non-hydrogen) atoms. The number of ether oxygens (including phenoxy) is 1. The van der Waals surface area contributed by atoms with Gasteiger partial charge in [-0.3, -0.25) is 14.6 Å². The number of nitrogens with zero attached hydrogens (tertiary/aromatic N) is 1. The maximum Gasteiger partial charge on any atom is 0.272 e. The Hall–Kier alpha value is -2.43. The average Bonchev–Trinajstić information content (AvgIpc) is 2.89. The Morgan fingerprint density at radius 2 is 2.16 bits per heavy atom. The van der Waals surface area contributed by atoms with Crippen molar-refractivity contribution in [2.24, 2.45) is 4.99 Å². The van der Waals surface area contributed by atoms with Gasteiger partial charge >= 0.3 is 0 Å². The summed E-state index contributed by atoms with van der Waals surface area (Å²) in [7, 11) is 0. The van der Waals surface area contributed by atoms with Crippen molar-refractivity contribution in [3.05, 3.63) is 44.2 Å². The Kier molecular flexibility index (Phi) is 2.67. The molecule has 1 aliphatic rings. The first-order valence-corrected chi connectivity index (χ1v) is 6.09. The van der Waals surface area contributed by atoms with Gasteiger partial charge in [0.1, 0.15) is 5.69 Å². The van der Waals surface area contributed by atoms with Crippen LogP contribution in [0.4, 0.5) is 17.1 Å². The molecular formula is C14H12N2O3. The molecule has 1 N–H and O–H groups in total. The van der Waals surface area contributed by atoms with E-state index in [1.54, 1.807) is 6.92 Å². The standard InChI is InChI=1S/C14H12N2O3/c1-2-19-14-11(12(17)13(14)18)16-9-4-3-8-5-6-15-10(8)7-9/h3-4,6-7,16H,2,5H2,1H3. The Bertz CT molecular complexity index is 740. The highest BCUT2D eigenvalue weighted by Gasteiger charge is 2.22. The molecule has 96 valence electrons. The number of hydrogen-bond acceptors (Lipinski definition) is 5. The molecule has 0 spiro atoms. The molecule has 2 aromatic rings. The van der Waals surface area contributed by atoms with E-state index in [9.17, 15) is 9.59 Å². The van der Waals surface area contributed by atoms with Crippen molar-refractivity contribution in [3.8, 4) is 5.75 Å². The fraction of sp³-hybridized carbons (Fsp3) is 0.214. The van der Waals surface area contributed by atoms with Crippen LogP contribution in [-0.4, -0.2) is 12.8 Å². The molecule has 0 aromatic heterocycles. The molecule has 0 amide bonds. The number of anilines is 2. The lowest BCUT2D eigenvalue weighted by atomic mass is 10.1. The van der Waals surface area contributed by atoms with E-state index in [0.29, 0.717) is 6.61 Å². The Morgan fingerprint density at radius 1 is 1.32 bits per heavy atom. The number of hydrogen-bond donors (Lipinski definition) is 1. The summed E-state index contributed by atoms with van der Waals surface area (Å²) in [5.41, 5.74) is 1.90. The Morgan fingerprint density at radius 3 is 2.95 bits per heavy atom. The van der Waals surface area contributed by atoms with Crippen molar-refractivity contribution in [1.82, 2.24) is 0 Å². The molecule has 0 radical (unpaired) electrons. The molecule has 0 aliphatic carbocycles. The van der Waals surface area contributed by atoms with Gasteiger partial charge in [-0.15, -0.1) is 0 Å². The summed E-state index contributed by atoms with van der Waals surface area (Å²) in [5.74, 6) is 0.122. The maximum atomic E-state index is 11.5. The minimum atomic E-state index is -0.566. The van der Waals surface area contributed by atoms with Gasteiger partial charge in [-0.25, -0.2) is 0 Å². The van der Waals surface area contributed by atoms with Gasteiger partial charge < -0.3 is 10.1 Å². The van der Waals surface area contributed by atoms with Crippen molar-refractivity contribution in [2.45, 2.75) is 13.3 Å². The normalized spacial score (nSPS) is 12.7.